The van der Waals surface area contributed by atoms with Crippen LogP contribution in [0.2, 0.25) is 0 Å². The largest absolute Gasteiger partial charge is 0.373 e. The number of rotatable bonds is 7. The van der Waals surface area contributed by atoms with Crippen molar-refractivity contribution in [3.63, 3.8) is 0 Å². The van der Waals surface area contributed by atoms with Crippen LogP contribution in [-0.4, -0.2) is 19.0 Å². The summed E-state index contributed by atoms with van der Waals surface area (Å²) in [6, 6.07) is 0. The summed E-state index contributed by atoms with van der Waals surface area (Å²) in [5, 5.41) is 0. The van der Waals surface area contributed by atoms with E-state index in [1.807, 2.05) is 0 Å². The molecule has 0 bridgehead atoms. The van der Waals surface area contributed by atoms with Gasteiger partial charge >= 0.3 is 0 Å². The van der Waals surface area contributed by atoms with E-state index in [0.717, 1.165) is 25.4 Å². The third-order valence-electron chi connectivity index (χ3n) is 3.76. The van der Waals surface area contributed by atoms with Gasteiger partial charge in [0.25, 0.3) is 0 Å². The predicted octanol–water partition coefficient (Wildman–Crippen LogP) is 3.65. The van der Waals surface area contributed by atoms with Gasteiger partial charge in [0.05, 0.1) is 6.61 Å². The minimum atomic E-state index is 0.257. The number of ether oxygens (including phenoxy) is 1. The lowest BCUT2D eigenvalue weighted by Gasteiger charge is -2.32. The first-order valence-electron chi connectivity index (χ1n) is 7.06. The second-order valence-electron chi connectivity index (χ2n) is 5.59. The first-order valence-corrected chi connectivity index (χ1v) is 7.06. The molecule has 0 aliphatic heterocycles. The van der Waals surface area contributed by atoms with E-state index >= 15 is 0 Å². The fourth-order valence-electron chi connectivity index (χ4n) is 2.46. The number of hydrogen-bond acceptors (Lipinski definition) is 2. The van der Waals surface area contributed by atoms with E-state index in [1.54, 1.807) is 0 Å². The van der Waals surface area contributed by atoms with Gasteiger partial charge in [0, 0.05) is 6.42 Å². The van der Waals surface area contributed by atoms with Gasteiger partial charge in [0.15, 0.2) is 5.78 Å². The van der Waals surface area contributed by atoms with E-state index in [1.165, 1.54) is 12.8 Å². The highest BCUT2D eigenvalue weighted by Gasteiger charge is 2.25. The zero-order chi connectivity index (χ0) is 12.7. The third-order valence-corrected chi connectivity index (χ3v) is 3.76. The van der Waals surface area contributed by atoms with Gasteiger partial charge in [-0.2, -0.15) is 0 Å². The normalized spacial score (nSPS) is 29.2. The van der Waals surface area contributed by atoms with Crippen LogP contribution in [0.5, 0.6) is 0 Å². The van der Waals surface area contributed by atoms with Crippen LogP contribution in [0.1, 0.15) is 52.9 Å². The van der Waals surface area contributed by atoms with Crippen molar-refractivity contribution in [1.82, 2.24) is 0 Å². The van der Waals surface area contributed by atoms with Crippen molar-refractivity contribution in [3.8, 4) is 0 Å². The maximum Gasteiger partial charge on any atom is 0.158 e. The second kappa shape index (κ2) is 7.86. The molecule has 3 atom stereocenters. The molecule has 0 aromatic heterocycles. The van der Waals surface area contributed by atoms with Gasteiger partial charge in [-0.1, -0.05) is 27.2 Å². The van der Waals surface area contributed by atoms with E-state index < -0.39 is 0 Å². The monoisotopic (exact) mass is 239 g/mol. The van der Waals surface area contributed by atoms with Crippen LogP contribution >= 0.6 is 0 Å². The molecule has 0 N–H and O–H groups in total. The number of unbranched alkanes of at least 4 members (excludes halogenated alkanes) is 1. The summed E-state index contributed by atoms with van der Waals surface area (Å²) in [6.07, 6.45) is 7.62. The molecule has 1 aliphatic carbocycles. The van der Waals surface area contributed by atoms with Crippen molar-refractivity contribution >= 4 is 5.78 Å². The van der Waals surface area contributed by atoms with Crippen LogP contribution in [0.15, 0.2) is 0 Å². The Bertz CT molecular complexity index is 225. The highest BCUT2D eigenvalue weighted by Crippen LogP contribution is 2.32. The van der Waals surface area contributed by atoms with Gasteiger partial charge in [0.1, 0.15) is 6.61 Å². The molecule has 0 saturated heterocycles. The standard InChI is InChI=1S/C15H27O2/c1-4-5-6-15(16)11-17-10-14-9-12(2)7-8-13(14)3/h8,12-14H,4-7,9-11H2,1-3H3. The highest BCUT2D eigenvalue weighted by atomic mass is 16.5. The average Bonchev–Trinajstić information content (AvgIpc) is 2.31. The predicted molar refractivity (Wildman–Crippen MR) is 70.7 cm³/mol. The molecule has 1 aliphatic rings. The molecular formula is C15H27O2. The Morgan fingerprint density at radius 1 is 1.41 bits per heavy atom. The molecule has 0 amide bonds. The molecule has 2 heteroatoms. The van der Waals surface area contributed by atoms with Crippen molar-refractivity contribution < 1.29 is 9.53 Å². The van der Waals surface area contributed by atoms with Crippen molar-refractivity contribution in [2.24, 2.45) is 17.8 Å². The first kappa shape index (κ1) is 14.7. The van der Waals surface area contributed by atoms with Gasteiger partial charge in [-0.25, -0.2) is 0 Å². The molecule has 1 rings (SSSR count). The van der Waals surface area contributed by atoms with Crippen LogP contribution in [0.4, 0.5) is 0 Å². The summed E-state index contributed by atoms with van der Waals surface area (Å²) >= 11 is 0. The zero-order valence-corrected chi connectivity index (χ0v) is 11.6. The quantitative estimate of drug-likeness (QED) is 0.678. The number of carbonyl (C=O) groups is 1. The number of hydrogen-bond donors (Lipinski definition) is 0. The van der Waals surface area contributed by atoms with Crippen molar-refractivity contribution in [2.45, 2.75) is 52.9 Å². The molecule has 0 spiro atoms. The summed E-state index contributed by atoms with van der Waals surface area (Å²) in [7, 11) is 0. The Morgan fingerprint density at radius 3 is 2.88 bits per heavy atom. The summed E-state index contributed by atoms with van der Waals surface area (Å²) < 4.78 is 5.58. The molecule has 0 heterocycles. The van der Waals surface area contributed by atoms with Crippen LogP contribution < -0.4 is 0 Å². The summed E-state index contributed by atoms with van der Waals surface area (Å²) in [5.74, 6) is 2.28. The van der Waals surface area contributed by atoms with Crippen LogP contribution in [0, 0.1) is 24.2 Å². The molecule has 2 nitrogen and oxygen atoms in total. The molecule has 17 heavy (non-hydrogen) atoms. The summed E-state index contributed by atoms with van der Waals surface area (Å²) in [6.45, 7) is 7.73. The maximum atomic E-state index is 11.5. The van der Waals surface area contributed by atoms with E-state index in [-0.39, 0.29) is 5.78 Å². The van der Waals surface area contributed by atoms with E-state index in [0.29, 0.717) is 24.9 Å². The fourth-order valence-corrected chi connectivity index (χ4v) is 2.46. The Labute approximate surface area is 106 Å². The van der Waals surface area contributed by atoms with Gasteiger partial charge in [0.2, 0.25) is 0 Å². The van der Waals surface area contributed by atoms with Gasteiger partial charge in [-0.05, 0) is 43.4 Å². The topological polar surface area (TPSA) is 26.3 Å². The molecule has 0 aromatic carbocycles. The fraction of sp³-hybridized carbons (Fsp3) is 0.867. The van der Waals surface area contributed by atoms with Crippen molar-refractivity contribution in [2.75, 3.05) is 13.2 Å². The smallest absolute Gasteiger partial charge is 0.158 e. The van der Waals surface area contributed by atoms with E-state index in [2.05, 4.69) is 27.2 Å². The Hall–Kier alpha value is -0.370. The first-order chi connectivity index (χ1) is 8.13. The third kappa shape index (κ3) is 5.67. The minimum absolute atomic E-state index is 0.257. The SMILES string of the molecule is CCCCC(=O)COCC1CC(C)C[CH]C1C. The lowest BCUT2D eigenvalue weighted by atomic mass is 9.76. The maximum absolute atomic E-state index is 11.5. The molecular weight excluding hydrogens is 212 g/mol. The van der Waals surface area contributed by atoms with E-state index in [9.17, 15) is 4.79 Å². The van der Waals surface area contributed by atoms with Gasteiger partial charge < -0.3 is 4.74 Å². The van der Waals surface area contributed by atoms with Crippen LogP contribution in [-0.2, 0) is 9.53 Å². The highest BCUT2D eigenvalue weighted by molar-refractivity contribution is 5.79. The molecule has 0 aromatic rings. The van der Waals surface area contributed by atoms with E-state index in [4.69, 9.17) is 4.74 Å². The average molecular weight is 239 g/mol. The number of Topliss-reactive ketones (excluding diaryl/α,β-unsaturated/α-hetero) is 1. The van der Waals surface area contributed by atoms with Gasteiger partial charge in [-0.3, -0.25) is 4.79 Å². The second-order valence-corrected chi connectivity index (χ2v) is 5.59. The van der Waals surface area contributed by atoms with Crippen molar-refractivity contribution in [3.05, 3.63) is 6.42 Å². The summed E-state index contributed by atoms with van der Waals surface area (Å²) in [4.78, 5) is 11.5. The Balaban J connectivity index is 2.14. The summed E-state index contributed by atoms with van der Waals surface area (Å²) in [5.41, 5.74) is 0. The minimum Gasteiger partial charge on any atom is -0.373 e. The van der Waals surface area contributed by atoms with Crippen molar-refractivity contribution in [1.29, 1.82) is 0 Å². The Kier molecular flexibility index (Phi) is 6.79. The van der Waals surface area contributed by atoms with Gasteiger partial charge in [-0.15, -0.1) is 0 Å². The molecule has 3 unspecified atom stereocenters. The molecule has 1 fully saturated rings. The lowest BCUT2D eigenvalue weighted by Crippen LogP contribution is -2.27. The lowest BCUT2D eigenvalue weighted by molar-refractivity contribution is -0.124. The Morgan fingerprint density at radius 2 is 2.18 bits per heavy atom. The molecule has 99 valence electrons. The number of ketones is 1. The van der Waals surface area contributed by atoms with Crippen LogP contribution in [0.25, 0.3) is 0 Å². The zero-order valence-electron chi connectivity index (χ0n) is 11.6. The number of carbonyl (C=O) groups excluding carboxylic acids is 1. The van der Waals surface area contributed by atoms with Crippen LogP contribution in [0.3, 0.4) is 0 Å². The molecule has 1 saturated carbocycles. The molecule has 1 radical (unpaired) electrons.